The summed E-state index contributed by atoms with van der Waals surface area (Å²) in [6, 6.07) is 46.0. The van der Waals surface area contributed by atoms with E-state index in [2.05, 4.69) is 136 Å². The van der Waals surface area contributed by atoms with Crippen LogP contribution in [0.3, 0.4) is 0 Å². The average Bonchev–Trinajstić information content (AvgIpc) is 3.56. The zero-order valence-corrected chi connectivity index (χ0v) is 23.1. The molecule has 0 saturated heterocycles. The Morgan fingerprint density at radius 2 is 1.31 bits per heavy atom. The number of nitrogens with zero attached hydrogens (tertiary/aromatic N) is 4. The van der Waals surface area contributed by atoms with E-state index in [1.165, 1.54) is 10.9 Å². The Hall–Kier alpha value is -5.68. The number of hydrogen-bond acceptors (Lipinski definition) is 2. The van der Waals surface area contributed by atoms with E-state index in [1.54, 1.807) is 0 Å². The van der Waals surface area contributed by atoms with Gasteiger partial charge in [-0.25, -0.2) is 9.55 Å². The molecule has 0 spiro atoms. The first kappa shape index (κ1) is 24.1. The van der Waals surface area contributed by atoms with Gasteiger partial charge in [0.2, 0.25) is 0 Å². The van der Waals surface area contributed by atoms with Gasteiger partial charge in [-0.2, -0.15) is 4.57 Å². The van der Waals surface area contributed by atoms with Crippen LogP contribution in [-0.2, 0) is 7.05 Å². The molecule has 200 valence electrons. The minimum atomic E-state index is 0.769. The van der Waals surface area contributed by atoms with Crippen LogP contribution in [0.5, 0.6) is 11.5 Å². The van der Waals surface area contributed by atoms with Gasteiger partial charge >= 0.3 is 0 Å². The molecule has 5 nitrogen and oxygen atoms in total. The Morgan fingerprint density at radius 3 is 2.19 bits per heavy atom. The third-order valence-corrected chi connectivity index (χ3v) is 7.87. The zero-order chi connectivity index (χ0) is 28.0. The van der Waals surface area contributed by atoms with Crippen molar-refractivity contribution >= 4 is 32.8 Å². The summed E-state index contributed by atoms with van der Waals surface area (Å²) >= 11 is 0. The number of imidazole rings is 1. The van der Waals surface area contributed by atoms with E-state index in [9.17, 15) is 0 Å². The van der Waals surface area contributed by atoms with Crippen molar-refractivity contribution in [2.45, 2.75) is 0 Å². The maximum atomic E-state index is 6.49. The first-order valence-electron chi connectivity index (χ1n) is 14.0. The summed E-state index contributed by atoms with van der Waals surface area (Å²) in [5.41, 5.74) is 7.81. The van der Waals surface area contributed by atoms with E-state index in [1.807, 2.05) is 30.5 Å². The van der Waals surface area contributed by atoms with Gasteiger partial charge in [-0.05, 0) is 65.7 Å². The molecule has 0 aliphatic heterocycles. The van der Waals surface area contributed by atoms with Crippen molar-refractivity contribution in [1.82, 2.24) is 18.7 Å². The minimum absolute atomic E-state index is 0.769. The normalized spacial score (nSPS) is 11.5. The van der Waals surface area contributed by atoms with E-state index in [-0.39, 0.29) is 0 Å². The van der Waals surface area contributed by atoms with Crippen LogP contribution in [0.15, 0.2) is 146 Å². The van der Waals surface area contributed by atoms with Gasteiger partial charge in [0.1, 0.15) is 23.0 Å². The first-order valence-corrected chi connectivity index (χ1v) is 14.0. The van der Waals surface area contributed by atoms with Crippen LogP contribution in [0.2, 0.25) is 0 Å². The Morgan fingerprint density at radius 1 is 0.571 bits per heavy atom. The molecule has 8 rings (SSSR count). The van der Waals surface area contributed by atoms with Gasteiger partial charge in [-0.1, -0.05) is 48.5 Å². The molecule has 0 saturated carbocycles. The van der Waals surface area contributed by atoms with Crippen LogP contribution in [0.1, 0.15) is 0 Å². The average molecular weight is 544 g/mol. The van der Waals surface area contributed by atoms with E-state index < -0.39 is 0 Å². The summed E-state index contributed by atoms with van der Waals surface area (Å²) in [7, 11) is 2.07. The predicted molar refractivity (Wildman–Crippen MR) is 171 cm³/mol. The van der Waals surface area contributed by atoms with Crippen molar-refractivity contribution in [3.05, 3.63) is 146 Å². The molecule has 0 fully saturated rings. The highest BCUT2D eigenvalue weighted by Crippen LogP contribution is 2.36. The molecule has 0 N–H and O–H groups in total. The van der Waals surface area contributed by atoms with Crippen LogP contribution >= 0.6 is 0 Å². The molecule has 3 aromatic heterocycles. The zero-order valence-electron chi connectivity index (χ0n) is 23.1. The third-order valence-electron chi connectivity index (χ3n) is 7.87. The number of rotatable bonds is 5. The van der Waals surface area contributed by atoms with Gasteiger partial charge in [0, 0.05) is 54.3 Å². The lowest BCUT2D eigenvalue weighted by atomic mass is 10.1. The number of aryl methyl sites for hydroxylation is 1. The number of fused-ring (bicyclic) bond motifs is 4. The Balaban J connectivity index is 1.22. The van der Waals surface area contributed by atoms with E-state index in [0.717, 1.165) is 56.1 Å². The molecule has 5 heteroatoms. The molecule has 0 aliphatic carbocycles. The van der Waals surface area contributed by atoms with E-state index in [4.69, 9.17) is 9.72 Å². The number of ether oxygens (including phenoxy) is 1. The maximum absolute atomic E-state index is 6.49. The summed E-state index contributed by atoms with van der Waals surface area (Å²) < 4.78 is 13.0. The Bertz CT molecular complexity index is 2240. The molecule has 0 aliphatic rings. The topological polar surface area (TPSA) is 36.9 Å². The fraction of sp³-hybridized carbons (Fsp3) is 0.0270. The number of para-hydroxylation sites is 3. The molecule has 5 aromatic carbocycles. The van der Waals surface area contributed by atoms with Gasteiger partial charge in [0.05, 0.1) is 11.0 Å². The number of pyridine rings is 1. The predicted octanol–water partition coefficient (Wildman–Crippen LogP) is 9.20. The molecular weight excluding hydrogens is 516 g/mol. The van der Waals surface area contributed by atoms with Crippen molar-refractivity contribution in [2.24, 2.45) is 7.05 Å². The minimum Gasteiger partial charge on any atom is -0.456 e. The molecule has 3 heterocycles. The van der Waals surface area contributed by atoms with Crippen molar-refractivity contribution in [3.8, 4) is 34.1 Å². The smallest absolute Gasteiger partial charge is 0.191 e. The van der Waals surface area contributed by atoms with Crippen molar-refractivity contribution in [2.75, 3.05) is 0 Å². The molecule has 8 aromatic rings. The molecule has 0 bridgehead atoms. The summed E-state index contributed by atoms with van der Waals surface area (Å²) in [5.74, 6) is 2.42. The second-order valence-electron chi connectivity index (χ2n) is 10.5. The van der Waals surface area contributed by atoms with Crippen molar-refractivity contribution < 1.29 is 4.74 Å². The monoisotopic (exact) mass is 543 g/mol. The number of aromatic nitrogens is 4. The SMILES string of the molecule is Cn1[cH+]n(-c2cccc(Oc3ccc4c5ccccc5n(-c5cc(-c6ccccc6)ccn5)c4c3)c2)c2ccccc21. The summed E-state index contributed by atoms with van der Waals surface area (Å²) in [4.78, 5) is 4.81. The molecule has 0 radical (unpaired) electrons. The highest BCUT2D eigenvalue weighted by atomic mass is 16.5. The van der Waals surface area contributed by atoms with Gasteiger partial charge < -0.3 is 4.74 Å². The van der Waals surface area contributed by atoms with Gasteiger partial charge in [-0.15, -0.1) is 0 Å². The Labute approximate surface area is 243 Å². The third kappa shape index (κ3) is 4.02. The fourth-order valence-electron chi connectivity index (χ4n) is 5.91. The lowest BCUT2D eigenvalue weighted by molar-refractivity contribution is 0.483. The lowest BCUT2D eigenvalue weighted by Gasteiger charge is -2.10. The van der Waals surface area contributed by atoms with Crippen molar-refractivity contribution in [1.29, 1.82) is 0 Å². The second-order valence-corrected chi connectivity index (χ2v) is 10.5. The number of hydrogen-bond donors (Lipinski definition) is 0. The fourth-order valence-corrected chi connectivity index (χ4v) is 5.91. The molecule has 0 amide bonds. The van der Waals surface area contributed by atoms with Crippen LogP contribution < -0.4 is 4.74 Å². The molecule has 42 heavy (non-hydrogen) atoms. The van der Waals surface area contributed by atoms with E-state index >= 15 is 0 Å². The van der Waals surface area contributed by atoms with Crippen LogP contribution in [0, 0.1) is 0 Å². The summed E-state index contributed by atoms with van der Waals surface area (Å²) in [6.07, 6.45) is 3.99. The van der Waals surface area contributed by atoms with Crippen molar-refractivity contribution in [3.63, 3.8) is 0 Å². The highest BCUT2D eigenvalue weighted by Gasteiger charge is 2.17. The van der Waals surface area contributed by atoms with Gasteiger partial charge in [0.15, 0.2) is 17.4 Å². The molecule has 0 atom stereocenters. The van der Waals surface area contributed by atoms with E-state index in [0.29, 0.717) is 0 Å². The Kier molecular flexibility index (Phi) is 5.61. The van der Waals surface area contributed by atoms with Crippen LogP contribution in [0.25, 0.3) is 55.5 Å². The second kappa shape index (κ2) is 9.75. The largest absolute Gasteiger partial charge is 0.456 e. The summed E-state index contributed by atoms with van der Waals surface area (Å²) in [5, 5.41) is 2.34. The van der Waals surface area contributed by atoms with Gasteiger partial charge in [0.25, 0.3) is 0 Å². The maximum Gasteiger partial charge on any atom is 0.191 e. The molecular formula is C37H27N4O+. The van der Waals surface area contributed by atoms with Crippen LogP contribution in [-0.4, -0.2) is 18.7 Å². The molecule has 0 unspecified atom stereocenters. The lowest BCUT2D eigenvalue weighted by Crippen LogP contribution is -1.98. The quantitative estimate of drug-likeness (QED) is 0.203. The van der Waals surface area contributed by atoms with Gasteiger partial charge in [-0.3, -0.25) is 4.57 Å². The first-order chi connectivity index (χ1) is 20.7. The van der Waals surface area contributed by atoms with Crippen LogP contribution in [0.4, 0.5) is 0 Å². The number of benzene rings is 5. The highest BCUT2D eigenvalue weighted by molar-refractivity contribution is 6.09. The standard InChI is InChI=1S/C37H27N4O/c1-39-25-40(35-17-8-7-16-34(35)39)28-12-9-13-29(23-28)42-30-18-19-32-31-14-5-6-15-33(31)41(36(32)24-30)37-22-27(20-21-38-37)26-10-3-2-4-11-26/h2-25H,1H3/q+1. The summed E-state index contributed by atoms with van der Waals surface area (Å²) in [6.45, 7) is 0.